The minimum Gasteiger partial charge on any atom is -0.497 e. The minimum absolute atomic E-state index is 0.0880. The molecule has 168 valence electrons. The predicted molar refractivity (Wildman–Crippen MR) is 134 cm³/mol. The van der Waals surface area contributed by atoms with Crippen LogP contribution in [-0.2, 0) is 19.4 Å². The Morgan fingerprint density at radius 1 is 1.06 bits per heavy atom. The predicted octanol–water partition coefficient (Wildman–Crippen LogP) is 6.62. The number of carbonyl (C=O) groups is 1. The smallest absolute Gasteiger partial charge is 0.323 e. The van der Waals surface area contributed by atoms with E-state index in [4.69, 9.17) is 4.74 Å². The molecule has 0 bridgehead atoms. The van der Waals surface area contributed by atoms with Gasteiger partial charge in [-0.1, -0.05) is 6.07 Å². The summed E-state index contributed by atoms with van der Waals surface area (Å²) in [7, 11) is 1.64. The number of carbonyl (C=O) groups excluding carboxylic acids is 1. The van der Waals surface area contributed by atoms with Crippen molar-refractivity contribution < 1.29 is 9.53 Å². The number of aryl methyl sites for hydroxylation is 1. The zero-order valence-corrected chi connectivity index (χ0v) is 20.0. The molecule has 2 amide bonds. The number of hydrogen-bond acceptors (Lipinski definition) is 4. The third-order valence-corrected chi connectivity index (χ3v) is 8.85. The van der Waals surface area contributed by atoms with E-state index in [1.807, 2.05) is 40.5 Å². The van der Waals surface area contributed by atoms with Crippen molar-refractivity contribution in [3.63, 3.8) is 0 Å². The first-order valence-electron chi connectivity index (χ1n) is 11.3. The van der Waals surface area contributed by atoms with E-state index in [1.165, 1.54) is 38.7 Å². The van der Waals surface area contributed by atoms with Crippen LogP contribution in [0.25, 0.3) is 5.00 Å². The third kappa shape index (κ3) is 3.56. The molecule has 0 saturated carbocycles. The normalized spacial score (nSPS) is 17.0. The summed E-state index contributed by atoms with van der Waals surface area (Å²) < 4.78 is 7.59. The van der Waals surface area contributed by atoms with Crippen molar-refractivity contribution >= 4 is 34.4 Å². The van der Waals surface area contributed by atoms with Gasteiger partial charge in [0.25, 0.3) is 0 Å². The van der Waals surface area contributed by atoms with Crippen LogP contribution in [0.5, 0.6) is 5.75 Å². The average Bonchev–Trinajstić information content (AvgIpc) is 3.59. The lowest BCUT2D eigenvalue weighted by atomic mass is 9.95. The number of urea groups is 1. The van der Waals surface area contributed by atoms with Crippen LogP contribution in [0.15, 0.2) is 60.1 Å². The van der Waals surface area contributed by atoms with E-state index in [-0.39, 0.29) is 12.1 Å². The van der Waals surface area contributed by atoms with Gasteiger partial charge in [0.2, 0.25) is 0 Å². The molecule has 6 rings (SSSR count). The van der Waals surface area contributed by atoms with Crippen LogP contribution in [0, 0.1) is 0 Å². The van der Waals surface area contributed by atoms with Crippen molar-refractivity contribution in [2.75, 3.05) is 12.4 Å². The molecule has 1 aromatic carbocycles. The summed E-state index contributed by atoms with van der Waals surface area (Å²) in [5.41, 5.74) is 4.68. The highest BCUT2D eigenvalue weighted by atomic mass is 32.1. The molecule has 33 heavy (non-hydrogen) atoms. The average molecular weight is 476 g/mol. The molecule has 0 radical (unpaired) electrons. The van der Waals surface area contributed by atoms with Crippen LogP contribution in [0.4, 0.5) is 10.5 Å². The fourth-order valence-electron chi connectivity index (χ4n) is 5.00. The maximum absolute atomic E-state index is 13.8. The molecule has 0 fully saturated rings. The van der Waals surface area contributed by atoms with Gasteiger partial charge in [0, 0.05) is 27.2 Å². The molecule has 7 heteroatoms. The molecule has 5 nitrogen and oxygen atoms in total. The lowest BCUT2D eigenvalue weighted by Gasteiger charge is -2.30. The van der Waals surface area contributed by atoms with Gasteiger partial charge in [-0.15, -0.1) is 22.7 Å². The first-order valence-corrected chi connectivity index (χ1v) is 13.0. The van der Waals surface area contributed by atoms with Gasteiger partial charge in [-0.3, -0.25) is 0 Å². The number of nitrogens with zero attached hydrogens (tertiary/aromatic N) is 2. The quantitative estimate of drug-likeness (QED) is 0.362. The molecule has 4 aromatic rings. The van der Waals surface area contributed by atoms with E-state index in [1.54, 1.807) is 18.4 Å². The summed E-state index contributed by atoms with van der Waals surface area (Å²) in [4.78, 5) is 18.5. The minimum atomic E-state index is -0.142. The Hall–Kier alpha value is -3.03. The number of amides is 2. The van der Waals surface area contributed by atoms with Crippen molar-refractivity contribution in [3.05, 3.63) is 86.7 Å². The van der Waals surface area contributed by atoms with Gasteiger partial charge in [-0.05, 0) is 79.1 Å². The Morgan fingerprint density at radius 3 is 2.70 bits per heavy atom. The number of aromatic nitrogens is 1. The molecule has 1 aliphatic carbocycles. The van der Waals surface area contributed by atoms with Gasteiger partial charge < -0.3 is 19.5 Å². The number of methoxy groups -OCH3 is 1. The van der Waals surface area contributed by atoms with Crippen molar-refractivity contribution in [3.8, 4) is 10.8 Å². The first kappa shape index (κ1) is 20.6. The molecule has 3 aromatic heterocycles. The van der Waals surface area contributed by atoms with Crippen LogP contribution in [0.3, 0.4) is 0 Å². The summed E-state index contributed by atoms with van der Waals surface area (Å²) >= 11 is 3.61. The highest BCUT2D eigenvalue weighted by molar-refractivity contribution is 7.15. The Bertz CT molecular complexity index is 1290. The molecular formula is C26H25N3O2S2. The van der Waals surface area contributed by atoms with E-state index in [2.05, 4.69) is 45.7 Å². The fraction of sp³-hybridized carbons (Fsp3) is 0.269. The second kappa shape index (κ2) is 8.39. The second-order valence-corrected chi connectivity index (χ2v) is 10.6. The molecule has 1 atom stereocenters. The monoisotopic (exact) mass is 475 g/mol. The van der Waals surface area contributed by atoms with Gasteiger partial charge in [-0.25, -0.2) is 4.79 Å². The van der Waals surface area contributed by atoms with Gasteiger partial charge in [0.1, 0.15) is 16.8 Å². The third-order valence-electron chi connectivity index (χ3n) is 6.59. The highest BCUT2D eigenvalue weighted by Gasteiger charge is 2.36. The highest BCUT2D eigenvalue weighted by Crippen LogP contribution is 2.44. The summed E-state index contributed by atoms with van der Waals surface area (Å²) in [6.45, 7) is 0.605. The molecule has 0 spiro atoms. The topological polar surface area (TPSA) is 46.5 Å². The second-order valence-electron chi connectivity index (χ2n) is 8.50. The van der Waals surface area contributed by atoms with Gasteiger partial charge >= 0.3 is 6.03 Å². The van der Waals surface area contributed by atoms with E-state index in [9.17, 15) is 4.79 Å². The Balaban J connectivity index is 1.45. The Morgan fingerprint density at radius 2 is 1.91 bits per heavy atom. The summed E-state index contributed by atoms with van der Waals surface area (Å²) in [6, 6.07) is 15.7. The number of nitrogens with one attached hydrogen (secondary N) is 1. The summed E-state index contributed by atoms with van der Waals surface area (Å²) in [5.74, 6) is 0.770. The number of fused-ring (bicyclic) bond motifs is 5. The van der Waals surface area contributed by atoms with Crippen LogP contribution in [0.2, 0.25) is 0 Å². The molecular weight excluding hydrogens is 450 g/mol. The molecule has 2 aliphatic rings. The van der Waals surface area contributed by atoms with Gasteiger partial charge in [0.15, 0.2) is 0 Å². The van der Waals surface area contributed by atoms with Crippen molar-refractivity contribution in [2.45, 2.75) is 38.3 Å². The van der Waals surface area contributed by atoms with Crippen molar-refractivity contribution in [2.24, 2.45) is 0 Å². The lowest BCUT2D eigenvalue weighted by molar-refractivity contribution is 0.195. The SMILES string of the molecule is COc1ccc(NC(=O)N2Cc3c(sc4c3CCCC4)-n3cccc3C2c2cccs2)cc1. The summed E-state index contributed by atoms with van der Waals surface area (Å²) in [5, 5.41) is 6.51. The first-order chi connectivity index (χ1) is 16.2. The number of anilines is 1. The molecule has 1 unspecified atom stereocenters. The van der Waals surface area contributed by atoms with Crippen LogP contribution < -0.4 is 10.1 Å². The van der Waals surface area contributed by atoms with E-state index in [0.717, 1.165) is 30.0 Å². The largest absolute Gasteiger partial charge is 0.497 e. The Kier molecular flexibility index (Phi) is 5.23. The van der Waals surface area contributed by atoms with E-state index >= 15 is 0 Å². The van der Waals surface area contributed by atoms with Crippen LogP contribution >= 0.6 is 22.7 Å². The van der Waals surface area contributed by atoms with Crippen molar-refractivity contribution in [1.82, 2.24) is 9.47 Å². The zero-order valence-electron chi connectivity index (χ0n) is 18.4. The number of benzene rings is 1. The van der Waals surface area contributed by atoms with E-state index < -0.39 is 0 Å². The standard InChI is InChI=1S/C26H25N3O2S2/c1-31-18-12-10-17(11-13-18)27-26(30)29-16-20-19-6-2-3-8-22(19)33-25(20)28-14-4-7-21(28)24(29)23-9-5-15-32-23/h4-5,7,9-15,24H,2-3,6,8,16H2,1H3,(H,27,30). The lowest BCUT2D eigenvalue weighted by Crippen LogP contribution is -2.37. The maximum atomic E-state index is 13.8. The van der Waals surface area contributed by atoms with Gasteiger partial charge in [0.05, 0.1) is 19.3 Å². The van der Waals surface area contributed by atoms with Crippen molar-refractivity contribution in [1.29, 1.82) is 0 Å². The number of ether oxygens (including phenoxy) is 1. The molecule has 1 N–H and O–H groups in total. The fourth-order valence-corrected chi connectivity index (χ4v) is 7.25. The molecule has 0 saturated heterocycles. The number of hydrogen-bond donors (Lipinski definition) is 1. The number of thiophene rings is 2. The Labute approximate surface area is 201 Å². The van der Waals surface area contributed by atoms with Crippen LogP contribution in [-0.4, -0.2) is 22.6 Å². The summed E-state index contributed by atoms with van der Waals surface area (Å²) in [6.07, 6.45) is 6.89. The molecule has 4 heterocycles. The van der Waals surface area contributed by atoms with Crippen LogP contribution in [0.1, 0.15) is 45.5 Å². The zero-order chi connectivity index (χ0) is 22.4. The maximum Gasteiger partial charge on any atom is 0.323 e. The van der Waals surface area contributed by atoms with Gasteiger partial charge in [-0.2, -0.15) is 0 Å². The number of rotatable bonds is 3. The van der Waals surface area contributed by atoms with E-state index in [0.29, 0.717) is 6.54 Å². The molecule has 1 aliphatic heterocycles.